The number of rotatable bonds is 8. The normalized spacial score (nSPS) is 12.5. The summed E-state index contributed by atoms with van der Waals surface area (Å²) in [4.78, 5) is 11.9. The minimum atomic E-state index is -3.20. The Morgan fingerprint density at radius 2 is 1.76 bits per heavy atom. The maximum absolute atomic E-state index is 11.9. The summed E-state index contributed by atoms with van der Waals surface area (Å²) in [6, 6.07) is 0. The van der Waals surface area contributed by atoms with Crippen LogP contribution in [0.5, 0.6) is 0 Å². The largest absolute Gasteiger partial charge is 0.354 e. The fourth-order valence-electron chi connectivity index (χ4n) is 1.55. The second-order valence-electron chi connectivity index (χ2n) is 4.11. The van der Waals surface area contributed by atoms with Crippen molar-refractivity contribution in [2.24, 2.45) is 11.1 Å². The number of sulfonamides is 1. The number of carbonyl (C=O) groups is 1. The van der Waals surface area contributed by atoms with Crippen LogP contribution < -0.4 is 15.8 Å². The van der Waals surface area contributed by atoms with Gasteiger partial charge in [-0.2, -0.15) is 0 Å². The van der Waals surface area contributed by atoms with Gasteiger partial charge >= 0.3 is 0 Å². The lowest BCUT2D eigenvalue weighted by Crippen LogP contribution is -2.47. The van der Waals surface area contributed by atoms with E-state index in [0.29, 0.717) is 19.4 Å². The van der Waals surface area contributed by atoms with Gasteiger partial charge in [-0.1, -0.05) is 13.8 Å². The Bertz CT molecular complexity index is 328. The third-order valence-electron chi connectivity index (χ3n) is 3.00. The molecule has 0 atom stereocenters. The molecule has 0 bridgehead atoms. The summed E-state index contributed by atoms with van der Waals surface area (Å²) in [7, 11) is -3.20. The summed E-state index contributed by atoms with van der Waals surface area (Å²) in [6.07, 6.45) is 2.42. The topological polar surface area (TPSA) is 101 Å². The first-order valence-corrected chi connectivity index (χ1v) is 7.63. The van der Waals surface area contributed by atoms with Gasteiger partial charge in [0.1, 0.15) is 0 Å². The molecule has 0 aromatic carbocycles. The zero-order valence-corrected chi connectivity index (χ0v) is 11.6. The van der Waals surface area contributed by atoms with Crippen LogP contribution in [0.2, 0.25) is 0 Å². The summed E-state index contributed by atoms with van der Waals surface area (Å²) in [5.41, 5.74) is 5.09. The predicted molar refractivity (Wildman–Crippen MR) is 67.9 cm³/mol. The van der Waals surface area contributed by atoms with Crippen molar-refractivity contribution < 1.29 is 13.2 Å². The molecule has 4 N–H and O–H groups in total. The molecule has 0 saturated carbocycles. The van der Waals surface area contributed by atoms with Gasteiger partial charge in [0.05, 0.1) is 11.7 Å². The maximum Gasteiger partial charge on any atom is 0.227 e. The van der Waals surface area contributed by atoms with E-state index < -0.39 is 15.4 Å². The summed E-state index contributed by atoms with van der Waals surface area (Å²) in [5, 5.41) is 2.70. The van der Waals surface area contributed by atoms with Gasteiger partial charge in [0.2, 0.25) is 15.9 Å². The number of hydrogen-bond donors (Lipinski definition) is 3. The van der Waals surface area contributed by atoms with Crippen LogP contribution in [0.4, 0.5) is 0 Å². The van der Waals surface area contributed by atoms with Crippen molar-refractivity contribution in [2.45, 2.75) is 26.7 Å². The van der Waals surface area contributed by atoms with Gasteiger partial charge in [-0.25, -0.2) is 13.1 Å². The first-order valence-electron chi connectivity index (χ1n) is 5.74. The van der Waals surface area contributed by atoms with Crippen LogP contribution in [-0.4, -0.2) is 40.2 Å². The number of nitrogens with two attached hydrogens (primary N) is 1. The van der Waals surface area contributed by atoms with Crippen molar-refractivity contribution in [3.8, 4) is 0 Å². The molecule has 0 unspecified atom stereocenters. The molecule has 0 aromatic rings. The minimum absolute atomic E-state index is 0.111. The standard InChI is InChI=1S/C10H23N3O3S/c1-4-10(5-2,8-11)9(14)12-6-7-13-17(3,15)16/h13H,4-8,11H2,1-3H3,(H,12,14). The molecule has 0 saturated heterocycles. The number of carbonyl (C=O) groups excluding carboxylic acids is 1. The summed E-state index contributed by atoms with van der Waals surface area (Å²) in [5.74, 6) is -0.111. The van der Waals surface area contributed by atoms with Crippen molar-refractivity contribution in [2.75, 3.05) is 25.9 Å². The maximum atomic E-state index is 11.9. The van der Waals surface area contributed by atoms with E-state index in [9.17, 15) is 13.2 Å². The van der Waals surface area contributed by atoms with E-state index in [-0.39, 0.29) is 19.0 Å². The molecule has 0 radical (unpaired) electrons. The molecular weight excluding hydrogens is 242 g/mol. The molecule has 0 fully saturated rings. The SMILES string of the molecule is CCC(CC)(CN)C(=O)NCCNS(C)(=O)=O. The van der Waals surface area contributed by atoms with Crippen LogP contribution >= 0.6 is 0 Å². The average Bonchev–Trinajstić information content (AvgIpc) is 2.26. The van der Waals surface area contributed by atoms with Crippen molar-refractivity contribution in [1.82, 2.24) is 10.0 Å². The van der Waals surface area contributed by atoms with E-state index in [4.69, 9.17) is 5.73 Å². The molecule has 0 spiro atoms. The Morgan fingerprint density at radius 3 is 2.12 bits per heavy atom. The van der Waals surface area contributed by atoms with E-state index in [0.717, 1.165) is 6.26 Å². The molecule has 102 valence electrons. The lowest BCUT2D eigenvalue weighted by Gasteiger charge is -2.28. The Labute approximate surface area is 103 Å². The molecule has 1 amide bonds. The summed E-state index contributed by atoms with van der Waals surface area (Å²) < 4.78 is 23.9. The van der Waals surface area contributed by atoms with Crippen molar-refractivity contribution in [1.29, 1.82) is 0 Å². The van der Waals surface area contributed by atoms with Gasteiger partial charge in [-0.3, -0.25) is 4.79 Å². The summed E-state index contributed by atoms with van der Waals surface area (Å²) in [6.45, 7) is 4.60. The lowest BCUT2D eigenvalue weighted by atomic mass is 9.81. The van der Waals surface area contributed by atoms with Gasteiger partial charge < -0.3 is 11.1 Å². The highest BCUT2D eigenvalue weighted by atomic mass is 32.2. The highest BCUT2D eigenvalue weighted by Crippen LogP contribution is 2.24. The molecule has 0 aliphatic rings. The van der Waals surface area contributed by atoms with E-state index in [1.54, 1.807) is 0 Å². The van der Waals surface area contributed by atoms with E-state index in [1.807, 2.05) is 13.8 Å². The van der Waals surface area contributed by atoms with Crippen LogP contribution in [0.15, 0.2) is 0 Å². The zero-order chi connectivity index (χ0) is 13.5. The van der Waals surface area contributed by atoms with Gasteiger partial charge in [0, 0.05) is 19.6 Å². The Kier molecular flexibility index (Phi) is 6.66. The molecule has 17 heavy (non-hydrogen) atoms. The van der Waals surface area contributed by atoms with Crippen LogP contribution in [0, 0.1) is 5.41 Å². The number of hydrogen-bond acceptors (Lipinski definition) is 4. The van der Waals surface area contributed by atoms with Crippen molar-refractivity contribution in [3.63, 3.8) is 0 Å². The van der Waals surface area contributed by atoms with Crippen LogP contribution in [0.3, 0.4) is 0 Å². The van der Waals surface area contributed by atoms with Crippen LogP contribution in [0.1, 0.15) is 26.7 Å². The predicted octanol–water partition coefficient (Wildman–Crippen LogP) is -0.583. The fraction of sp³-hybridized carbons (Fsp3) is 0.900. The highest BCUT2D eigenvalue weighted by molar-refractivity contribution is 7.88. The van der Waals surface area contributed by atoms with E-state index in [2.05, 4.69) is 10.0 Å². The van der Waals surface area contributed by atoms with Crippen LogP contribution in [0.25, 0.3) is 0 Å². The third kappa shape index (κ3) is 5.47. The fourth-order valence-corrected chi connectivity index (χ4v) is 2.03. The van der Waals surface area contributed by atoms with E-state index >= 15 is 0 Å². The zero-order valence-electron chi connectivity index (χ0n) is 10.7. The third-order valence-corrected chi connectivity index (χ3v) is 3.73. The number of nitrogens with one attached hydrogen (secondary N) is 2. The average molecular weight is 265 g/mol. The Hall–Kier alpha value is -0.660. The Morgan fingerprint density at radius 1 is 1.24 bits per heavy atom. The van der Waals surface area contributed by atoms with Crippen LogP contribution in [-0.2, 0) is 14.8 Å². The smallest absolute Gasteiger partial charge is 0.227 e. The molecule has 0 aromatic heterocycles. The lowest BCUT2D eigenvalue weighted by molar-refractivity contribution is -0.130. The molecule has 7 heteroatoms. The summed E-state index contributed by atoms with van der Waals surface area (Å²) >= 11 is 0. The quantitative estimate of drug-likeness (QED) is 0.511. The molecule has 0 heterocycles. The molecule has 0 aliphatic carbocycles. The van der Waals surface area contributed by atoms with Gasteiger partial charge in [0.15, 0.2) is 0 Å². The van der Waals surface area contributed by atoms with Crippen molar-refractivity contribution >= 4 is 15.9 Å². The second-order valence-corrected chi connectivity index (χ2v) is 5.95. The second kappa shape index (κ2) is 6.93. The molecular formula is C10H23N3O3S. The van der Waals surface area contributed by atoms with Gasteiger partial charge in [0.25, 0.3) is 0 Å². The molecule has 0 rings (SSSR count). The molecule has 6 nitrogen and oxygen atoms in total. The minimum Gasteiger partial charge on any atom is -0.354 e. The van der Waals surface area contributed by atoms with E-state index in [1.165, 1.54) is 0 Å². The first kappa shape index (κ1) is 16.3. The number of amides is 1. The van der Waals surface area contributed by atoms with Gasteiger partial charge in [-0.15, -0.1) is 0 Å². The monoisotopic (exact) mass is 265 g/mol. The highest BCUT2D eigenvalue weighted by Gasteiger charge is 2.32. The molecule has 0 aliphatic heterocycles. The van der Waals surface area contributed by atoms with Gasteiger partial charge in [-0.05, 0) is 12.8 Å². The first-order chi connectivity index (χ1) is 7.81. The Balaban J connectivity index is 4.17. The van der Waals surface area contributed by atoms with Crippen molar-refractivity contribution in [3.05, 3.63) is 0 Å².